The van der Waals surface area contributed by atoms with Gasteiger partial charge in [0.25, 0.3) is 0 Å². The van der Waals surface area contributed by atoms with Gasteiger partial charge in [0, 0.05) is 13.5 Å². The average molecular weight is 146 g/mol. The summed E-state index contributed by atoms with van der Waals surface area (Å²) in [4.78, 5) is 0. The number of aliphatic hydroxyl groups excluding tert-OH is 1. The summed E-state index contributed by atoms with van der Waals surface area (Å²) in [5, 5.41) is 9.02. The van der Waals surface area contributed by atoms with Gasteiger partial charge in [0.2, 0.25) is 0 Å². The topological polar surface area (TPSA) is 38.7 Å². The molecule has 1 saturated heterocycles. The molecular weight excluding hydrogens is 132 g/mol. The zero-order valence-corrected chi connectivity index (χ0v) is 6.41. The maximum atomic E-state index is 9.02. The number of methoxy groups -OCH3 is 1. The molecule has 1 heterocycles. The smallest absolute Gasteiger partial charge is 0.155 e. The molecule has 60 valence electrons. The van der Waals surface area contributed by atoms with Gasteiger partial charge in [-0.15, -0.1) is 0 Å². The molecule has 1 rings (SSSR count). The van der Waals surface area contributed by atoms with Gasteiger partial charge in [0.15, 0.2) is 6.29 Å². The Labute approximate surface area is 60.9 Å². The van der Waals surface area contributed by atoms with Crippen LogP contribution in [0.3, 0.4) is 0 Å². The SMILES string of the molecule is CO[C@H]1CCC(O)O[C@H]1C. The van der Waals surface area contributed by atoms with E-state index in [0.29, 0.717) is 6.42 Å². The highest BCUT2D eigenvalue weighted by atomic mass is 16.6. The van der Waals surface area contributed by atoms with Gasteiger partial charge in [0.05, 0.1) is 12.2 Å². The molecule has 0 aromatic carbocycles. The molecule has 3 nitrogen and oxygen atoms in total. The standard InChI is InChI=1S/C7H14O3/c1-5-6(9-2)3-4-7(8)10-5/h5-8H,3-4H2,1-2H3/t5-,6-,7?/m0/s1. The van der Waals surface area contributed by atoms with Gasteiger partial charge in [-0.2, -0.15) is 0 Å². The molecule has 0 saturated carbocycles. The first-order chi connectivity index (χ1) is 4.74. The van der Waals surface area contributed by atoms with E-state index in [1.54, 1.807) is 7.11 Å². The van der Waals surface area contributed by atoms with Gasteiger partial charge < -0.3 is 14.6 Å². The Morgan fingerprint density at radius 2 is 2.20 bits per heavy atom. The zero-order valence-electron chi connectivity index (χ0n) is 6.41. The van der Waals surface area contributed by atoms with Crippen molar-refractivity contribution in [3.05, 3.63) is 0 Å². The van der Waals surface area contributed by atoms with Crippen LogP contribution < -0.4 is 0 Å². The van der Waals surface area contributed by atoms with Crippen molar-refractivity contribution in [1.82, 2.24) is 0 Å². The quantitative estimate of drug-likeness (QED) is 0.586. The van der Waals surface area contributed by atoms with Gasteiger partial charge >= 0.3 is 0 Å². The first kappa shape index (κ1) is 7.98. The Balaban J connectivity index is 2.36. The van der Waals surface area contributed by atoms with Crippen LogP contribution in [0.1, 0.15) is 19.8 Å². The second-order valence-corrected chi connectivity index (χ2v) is 2.65. The summed E-state index contributed by atoms with van der Waals surface area (Å²) >= 11 is 0. The Kier molecular flexibility index (Phi) is 2.65. The first-order valence-electron chi connectivity index (χ1n) is 3.60. The van der Waals surface area contributed by atoms with Crippen LogP contribution in [-0.4, -0.2) is 30.7 Å². The molecule has 1 N–H and O–H groups in total. The third kappa shape index (κ3) is 1.68. The Bertz CT molecular complexity index is 105. The lowest BCUT2D eigenvalue weighted by molar-refractivity contribution is -0.198. The molecule has 0 amide bonds. The predicted molar refractivity (Wildman–Crippen MR) is 36.6 cm³/mol. The summed E-state index contributed by atoms with van der Waals surface area (Å²) in [6.07, 6.45) is 1.17. The summed E-state index contributed by atoms with van der Waals surface area (Å²) in [7, 11) is 1.67. The molecule has 1 unspecified atom stereocenters. The van der Waals surface area contributed by atoms with E-state index in [2.05, 4.69) is 0 Å². The van der Waals surface area contributed by atoms with Crippen LogP contribution in [0, 0.1) is 0 Å². The second kappa shape index (κ2) is 3.32. The van der Waals surface area contributed by atoms with Crippen LogP contribution in [0.15, 0.2) is 0 Å². The third-order valence-electron chi connectivity index (χ3n) is 1.90. The van der Waals surface area contributed by atoms with E-state index in [1.807, 2.05) is 6.92 Å². The van der Waals surface area contributed by atoms with Crippen LogP contribution >= 0.6 is 0 Å². The van der Waals surface area contributed by atoms with Gasteiger partial charge in [-0.05, 0) is 13.3 Å². The van der Waals surface area contributed by atoms with Crippen LogP contribution in [0.25, 0.3) is 0 Å². The Morgan fingerprint density at radius 3 is 2.70 bits per heavy atom. The fourth-order valence-electron chi connectivity index (χ4n) is 1.25. The van der Waals surface area contributed by atoms with Crippen molar-refractivity contribution in [2.75, 3.05) is 7.11 Å². The summed E-state index contributed by atoms with van der Waals surface area (Å²) in [6, 6.07) is 0. The highest BCUT2D eigenvalue weighted by molar-refractivity contribution is 4.71. The monoisotopic (exact) mass is 146 g/mol. The van der Waals surface area contributed by atoms with Crippen molar-refractivity contribution in [3.63, 3.8) is 0 Å². The van der Waals surface area contributed by atoms with E-state index in [4.69, 9.17) is 14.6 Å². The minimum Gasteiger partial charge on any atom is -0.379 e. The summed E-state index contributed by atoms with van der Waals surface area (Å²) in [5.41, 5.74) is 0. The fraction of sp³-hybridized carbons (Fsp3) is 1.00. The maximum Gasteiger partial charge on any atom is 0.155 e. The molecule has 3 atom stereocenters. The number of aliphatic hydroxyl groups is 1. The highest BCUT2D eigenvalue weighted by Crippen LogP contribution is 2.19. The molecule has 0 spiro atoms. The van der Waals surface area contributed by atoms with E-state index >= 15 is 0 Å². The molecule has 0 aromatic heterocycles. The highest BCUT2D eigenvalue weighted by Gasteiger charge is 2.26. The minimum atomic E-state index is -0.582. The lowest BCUT2D eigenvalue weighted by Crippen LogP contribution is -2.37. The number of hydrogen-bond donors (Lipinski definition) is 1. The van der Waals surface area contributed by atoms with Gasteiger partial charge in [-0.1, -0.05) is 0 Å². The molecule has 3 heteroatoms. The average Bonchev–Trinajstić information content (AvgIpc) is 1.88. The third-order valence-corrected chi connectivity index (χ3v) is 1.90. The number of rotatable bonds is 1. The lowest BCUT2D eigenvalue weighted by atomic mass is 10.1. The first-order valence-corrected chi connectivity index (χ1v) is 3.60. The van der Waals surface area contributed by atoms with Crippen molar-refractivity contribution in [1.29, 1.82) is 0 Å². The van der Waals surface area contributed by atoms with E-state index < -0.39 is 6.29 Å². The van der Waals surface area contributed by atoms with Crippen molar-refractivity contribution in [2.24, 2.45) is 0 Å². The van der Waals surface area contributed by atoms with E-state index in [1.165, 1.54) is 0 Å². The normalized spacial score (nSPS) is 41.7. The van der Waals surface area contributed by atoms with Crippen LogP contribution in [0.5, 0.6) is 0 Å². The summed E-state index contributed by atoms with van der Waals surface area (Å²) in [5.74, 6) is 0. The van der Waals surface area contributed by atoms with E-state index in [0.717, 1.165) is 6.42 Å². The molecule has 10 heavy (non-hydrogen) atoms. The number of ether oxygens (including phenoxy) is 2. The van der Waals surface area contributed by atoms with Crippen molar-refractivity contribution < 1.29 is 14.6 Å². The van der Waals surface area contributed by atoms with Crippen LogP contribution in [-0.2, 0) is 9.47 Å². The predicted octanol–water partition coefficient (Wildman–Crippen LogP) is 0.519. The molecule has 0 bridgehead atoms. The minimum absolute atomic E-state index is 0.0220. The second-order valence-electron chi connectivity index (χ2n) is 2.65. The van der Waals surface area contributed by atoms with Crippen LogP contribution in [0.4, 0.5) is 0 Å². The Morgan fingerprint density at radius 1 is 1.50 bits per heavy atom. The fourth-order valence-corrected chi connectivity index (χ4v) is 1.25. The van der Waals surface area contributed by atoms with E-state index in [9.17, 15) is 0 Å². The zero-order chi connectivity index (χ0) is 7.56. The van der Waals surface area contributed by atoms with Gasteiger partial charge in [-0.3, -0.25) is 0 Å². The molecule has 1 aliphatic heterocycles. The van der Waals surface area contributed by atoms with Gasteiger partial charge in [0.1, 0.15) is 0 Å². The van der Waals surface area contributed by atoms with E-state index in [-0.39, 0.29) is 12.2 Å². The lowest BCUT2D eigenvalue weighted by Gasteiger charge is -2.30. The summed E-state index contributed by atoms with van der Waals surface area (Å²) in [6.45, 7) is 1.91. The van der Waals surface area contributed by atoms with Crippen molar-refractivity contribution in [2.45, 2.75) is 38.3 Å². The molecule has 0 aromatic rings. The molecular formula is C7H14O3. The molecule has 0 aliphatic carbocycles. The summed E-state index contributed by atoms with van der Waals surface area (Å²) < 4.78 is 10.2. The largest absolute Gasteiger partial charge is 0.379 e. The van der Waals surface area contributed by atoms with Crippen LogP contribution in [0.2, 0.25) is 0 Å². The van der Waals surface area contributed by atoms with Crippen molar-refractivity contribution >= 4 is 0 Å². The van der Waals surface area contributed by atoms with Gasteiger partial charge in [-0.25, -0.2) is 0 Å². The molecule has 0 radical (unpaired) electrons. The van der Waals surface area contributed by atoms with Crippen molar-refractivity contribution in [3.8, 4) is 0 Å². The Hall–Kier alpha value is -0.120. The maximum absolute atomic E-state index is 9.02. The number of hydrogen-bond acceptors (Lipinski definition) is 3. The molecule has 1 fully saturated rings. The molecule has 1 aliphatic rings.